The topological polar surface area (TPSA) is 165 Å². The fourth-order valence-electron chi connectivity index (χ4n) is 8.14. The van der Waals surface area contributed by atoms with Crippen molar-refractivity contribution in [3.8, 4) is 22.4 Å². The van der Waals surface area contributed by atoms with E-state index in [-0.39, 0.29) is 54.0 Å². The molecule has 0 saturated carbocycles. The number of hydrogen-bond acceptors (Lipinski definition) is 7. The molecule has 3 aliphatic rings. The Kier molecular flexibility index (Phi) is 11.1. The summed E-state index contributed by atoms with van der Waals surface area (Å²) in [5, 5.41) is 11.9. The number of nitrogens with one attached hydrogen (secondary N) is 2. The van der Waals surface area contributed by atoms with Gasteiger partial charge in [-0.2, -0.15) is 0 Å². The molecule has 3 saturated heterocycles. The van der Waals surface area contributed by atoms with Gasteiger partial charge >= 0.3 is 6.09 Å². The number of imidazole rings is 1. The van der Waals surface area contributed by atoms with Crippen LogP contribution in [0.3, 0.4) is 0 Å². The highest BCUT2D eigenvalue weighted by atomic mass is 16.5. The number of carbonyl (C=O) groups excluding carboxylic acids is 4. The van der Waals surface area contributed by atoms with Gasteiger partial charge in [-0.3, -0.25) is 19.2 Å². The van der Waals surface area contributed by atoms with Crippen LogP contribution in [0.5, 0.6) is 0 Å². The van der Waals surface area contributed by atoms with Crippen molar-refractivity contribution in [3.05, 3.63) is 66.1 Å². The van der Waals surface area contributed by atoms with E-state index in [9.17, 15) is 24.0 Å². The van der Waals surface area contributed by atoms with Crippen LogP contribution in [0.1, 0.15) is 81.0 Å². The summed E-state index contributed by atoms with van der Waals surface area (Å²) in [5.41, 5.74) is 3.84. The number of nitrogens with zero attached hydrogens (tertiary/aromatic N) is 4. The fraction of sp³-hybridized carbons (Fsp3) is 0.487. The van der Waals surface area contributed by atoms with E-state index in [4.69, 9.17) is 9.84 Å². The van der Waals surface area contributed by atoms with Crippen molar-refractivity contribution in [3.63, 3.8) is 0 Å². The number of benzene rings is 2. The van der Waals surface area contributed by atoms with Crippen molar-refractivity contribution >= 4 is 29.6 Å². The number of carbonyl (C=O) groups is 5. The number of aromatic nitrogens is 2. The van der Waals surface area contributed by atoms with E-state index in [1.807, 2.05) is 48.2 Å². The largest absolute Gasteiger partial charge is 0.465 e. The third kappa shape index (κ3) is 7.89. The third-order valence-corrected chi connectivity index (χ3v) is 10.8. The Bertz CT molecular complexity index is 1780. The highest BCUT2D eigenvalue weighted by Crippen LogP contribution is 2.41. The first-order valence-corrected chi connectivity index (χ1v) is 18.1. The zero-order valence-corrected chi connectivity index (χ0v) is 30.1. The van der Waals surface area contributed by atoms with Gasteiger partial charge in [0.1, 0.15) is 11.9 Å². The highest BCUT2D eigenvalue weighted by Gasteiger charge is 2.50. The molecule has 3 aliphatic heterocycles. The average Bonchev–Trinajstić information content (AvgIpc) is 3.90. The monoisotopic (exact) mass is 712 g/mol. The molecule has 0 bridgehead atoms. The Labute approximate surface area is 303 Å². The van der Waals surface area contributed by atoms with Crippen LogP contribution in [-0.2, 0) is 19.1 Å². The van der Waals surface area contributed by atoms with Gasteiger partial charge in [0.15, 0.2) is 5.78 Å². The number of H-pyrrole nitrogens is 1. The van der Waals surface area contributed by atoms with Gasteiger partial charge in [0.2, 0.25) is 17.7 Å². The molecule has 3 N–H and O–H groups in total. The van der Waals surface area contributed by atoms with Gasteiger partial charge in [-0.25, -0.2) is 9.78 Å². The molecule has 1 spiro atoms. The zero-order valence-electron chi connectivity index (χ0n) is 30.1. The van der Waals surface area contributed by atoms with Crippen LogP contribution in [0, 0.1) is 5.92 Å². The molecule has 52 heavy (non-hydrogen) atoms. The van der Waals surface area contributed by atoms with Crippen molar-refractivity contribution in [2.24, 2.45) is 5.92 Å². The molecule has 0 radical (unpaired) electrons. The van der Waals surface area contributed by atoms with Crippen molar-refractivity contribution in [1.82, 2.24) is 30.0 Å². The number of likely N-dealkylation sites (tertiary alicyclic amines) is 2. The predicted molar refractivity (Wildman–Crippen MR) is 193 cm³/mol. The van der Waals surface area contributed by atoms with Gasteiger partial charge in [-0.1, -0.05) is 55.5 Å². The summed E-state index contributed by atoms with van der Waals surface area (Å²) in [6.45, 7) is 5.33. The molecule has 13 nitrogen and oxygen atoms in total. The maximum absolute atomic E-state index is 13.2. The second-order valence-electron chi connectivity index (χ2n) is 14.5. The molecule has 276 valence electrons. The van der Waals surface area contributed by atoms with Crippen molar-refractivity contribution in [1.29, 1.82) is 0 Å². The number of ketones is 1. The smallest absolute Gasteiger partial charge is 0.407 e. The summed E-state index contributed by atoms with van der Waals surface area (Å²) in [4.78, 5) is 75.9. The van der Waals surface area contributed by atoms with Gasteiger partial charge in [0, 0.05) is 57.8 Å². The molecule has 1 aromatic heterocycles. The number of hydrogen-bond donors (Lipinski definition) is 3. The minimum Gasteiger partial charge on any atom is -0.465 e. The highest BCUT2D eigenvalue weighted by molar-refractivity contribution is 6.00. The van der Waals surface area contributed by atoms with Crippen LogP contribution < -0.4 is 5.32 Å². The number of rotatable bonds is 11. The minimum absolute atomic E-state index is 0.00207. The quantitative estimate of drug-likeness (QED) is 0.236. The van der Waals surface area contributed by atoms with E-state index >= 15 is 0 Å². The lowest BCUT2D eigenvalue weighted by molar-refractivity contribution is -0.145. The minimum atomic E-state index is -1.01. The first-order valence-electron chi connectivity index (χ1n) is 18.1. The van der Waals surface area contributed by atoms with Crippen LogP contribution in [0.25, 0.3) is 22.4 Å². The number of ether oxygens (including phenoxy) is 1. The van der Waals surface area contributed by atoms with E-state index in [0.29, 0.717) is 38.3 Å². The summed E-state index contributed by atoms with van der Waals surface area (Å²) in [5.74, 6) is 0.0102. The van der Waals surface area contributed by atoms with Gasteiger partial charge in [-0.15, -0.1) is 0 Å². The second-order valence-corrected chi connectivity index (χ2v) is 14.5. The maximum atomic E-state index is 13.2. The van der Waals surface area contributed by atoms with E-state index in [1.54, 1.807) is 23.2 Å². The normalized spacial score (nSPS) is 20.1. The number of Topliss-reactive ketones (excluding diaryl/α,β-unsaturated/α-hetero) is 1. The van der Waals surface area contributed by atoms with Crippen molar-refractivity contribution in [2.45, 2.75) is 76.4 Å². The van der Waals surface area contributed by atoms with Crippen molar-refractivity contribution in [2.75, 3.05) is 39.9 Å². The van der Waals surface area contributed by atoms with Crippen LogP contribution in [0.2, 0.25) is 0 Å². The van der Waals surface area contributed by atoms with Gasteiger partial charge < -0.3 is 34.8 Å². The molecular weight excluding hydrogens is 664 g/mol. The standard InChI is InChI=1S/C39H48N6O7/c1-25(24-43(3)38(50)51)21-35(48)44-18-4-5-32(44)36-40-22-31(42-36)29-10-6-27(7-11-29)28-8-12-30(13-9-28)34(47)23-41-37(49)33-14-15-39(45(33)26(2)46)16-19-52-20-17-39/h6-13,22,25,32-33H,4-5,14-21,23-24H2,1-3H3,(H,40,42)(H,41,49)(H,50,51)/t25?,32-,33?/m0/s1. The molecule has 13 heteroatoms. The zero-order chi connectivity index (χ0) is 37.0. The number of aromatic amines is 1. The van der Waals surface area contributed by atoms with Crippen LogP contribution >= 0.6 is 0 Å². The summed E-state index contributed by atoms with van der Waals surface area (Å²) in [7, 11) is 1.51. The first-order chi connectivity index (χ1) is 25.0. The first kappa shape index (κ1) is 36.7. The molecule has 4 amide bonds. The summed E-state index contributed by atoms with van der Waals surface area (Å²) in [6, 6.07) is 14.5. The molecule has 6 rings (SSSR count). The van der Waals surface area contributed by atoms with Gasteiger partial charge in [0.25, 0.3) is 0 Å². The molecule has 3 aromatic rings. The van der Waals surface area contributed by atoms with E-state index in [2.05, 4.69) is 15.3 Å². The Morgan fingerprint density at radius 2 is 1.65 bits per heavy atom. The van der Waals surface area contributed by atoms with E-state index < -0.39 is 12.1 Å². The summed E-state index contributed by atoms with van der Waals surface area (Å²) >= 11 is 0. The average molecular weight is 713 g/mol. The molecule has 2 unspecified atom stereocenters. The van der Waals surface area contributed by atoms with Crippen molar-refractivity contribution < 1.29 is 33.8 Å². The molecular formula is C39H48N6O7. The van der Waals surface area contributed by atoms with E-state index in [0.717, 1.165) is 60.3 Å². The molecule has 2 aromatic carbocycles. The summed E-state index contributed by atoms with van der Waals surface area (Å²) in [6.07, 6.45) is 5.49. The molecule has 3 atom stereocenters. The van der Waals surface area contributed by atoms with Crippen LogP contribution in [-0.4, -0.2) is 111 Å². The Hall–Kier alpha value is -5.04. The summed E-state index contributed by atoms with van der Waals surface area (Å²) < 4.78 is 5.51. The van der Waals surface area contributed by atoms with Crippen LogP contribution in [0.15, 0.2) is 54.7 Å². The number of carboxylic acid groups (broad SMARTS) is 1. The lowest BCUT2D eigenvalue weighted by Gasteiger charge is -2.42. The fourth-order valence-corrected chi connectivity index (χ4v) is 8.14. The van der Waals surface area contributed by atoms with Crippen LogP contribution in [0.4, 0.5) is 4.79 Å². The number of amides is 4. The maximum Gasteiger partial charge on any atom is 0.407 e. The Morgan fingerprint density at radius 1 is 1.00 bits per heavy atom. The predicted octanol–water partition coefficient (Wildman–Crippen LogP) is 4.90. The Morgan fingerprint density at radius 3 is 2.31 bits per heavy atom. The van der Waals surface area contributed by atoms with Gasteiger partial charge in [-0.05, 0) is 61.1 Å². The molecule has 4 heterocycles. The molecule has 0 aliphatic carbocycles. The SMILES string of the molecule is CC(=O)N1C(C(=O)NCC(=O)c2ccc(-c3ccc(-c4cnc([C@@H]5CCCN5C(=O)CC(C)CN(C)C(=O)O)[nH]4)cc3)cc2)CCC12CCOCC2. The Balaban J connectivity index is 1.03. The second kappa shape index (κ2) is 15.7. The molecule has 3 fully saturated rings. The lowest BCUT2D eigenvalue weighted by atomic mass is 9.87. The van der Waals surface area contributed by atoms with E-state index in [1.165, 1.54) is 18.9 Å². The third-order valence-electron chi connectivity index (χ3n) is 10.8. The van der Waals surface area contributed by atoms with Gasteiger partial charge in [0.05, 0.1) is 24.5 Å². The lowest BCUT2D eigenvalue weighted by Crippen LogP contribution is -2.56.